The molecular weight excluding hydrogens is 170 g/mol. The highest BCUT2D eigenvalue weighted by atomic mass is 32.2. The maximum Gasteiger partial charge on any atom is 0.145 e. The Bertz CT molecular complexity index is 253. The van der Waals surface area contributed by atoms with Crippen LogP contribution in [0.3, 0.4) is 0 Å². The summed E-state index contributed by atoms with van der Waals surface area (Å²) in [5.41, 5.74) is 5.55. The van der Waals surface area contributed by atoms with E-state index in [4.69, 9.17) is 5.73 Å². The van der Waals surface area contributed by atoms with Gasteiger partial charge in [0.05, 0.1) is 6.04 Å². The second-order valence-corrected chi connectivity index (χ2v) is 4.29. The lowest BCUT2D eigenvalue weighted by Crippen LogP contribution is -2.15. The van der Waals surface area contributed by atoms with Crippen LogP contribution in [0.5, 0.6) is 0 Å². The highest BCUT2D eigenvalue weighted by molar-refractivity contribution is 7.99. The number of hydrogen-bond acceptors (Lipinski definition) is 3. The molecule has 0 spiro atoms. The van der Waals surface area contributed by atoms with Crippen molar-refractivity contribution in [2.45, 2.75) is 18.9 Å². The Labute approximate surface area is 76.3 Å². The smallest absolute Gasteiger partial charge is 0.145 e. The summed E-state index contributed by atoms with van der Waals surface area (Å²) in [5, 5.41) is 4.22. The lowest BCUT2D eigenvalue weighted by atomic mass is 10.2. The summed E-state index contributed by atoms with van der Waals surface area (Å²) >= 11 is 2.03. The van der Waals surface area contributed by atoms with Crippen molar-refractivity contribution in [2.24, 2.45) is 0 Å². The van der Waals surface area contributed by atoms with Crippen LogP contribution in [-0.2, 0) is 0 Å². The summed E-state index contributed by atoms with van der Waals surface area (Å²) in [6.45, 7) is 0. The number of rotatable bonds is 1. The van der Waals surface area contributed by atoms with Crippen molar-refractivity contribution in [3.8, 4) is 0 Å². The lowest BCUT2D eigenvalue weighted by Gasteiger charge is -2.21. The Balaban J connectivity index is 2.08. The Hall–Kier alpha value is -0.640. The standard InChI is InChI=1S/C8H13N3S/c9-8-1-4-11(10-8)7-2-5-12-6-3-7/h1,4,7H,2-3,5-6H2,(H2,9,10). The number of hydrogen-bond donors (Lipinski definition) is 1. The zero-order valence-electron chi connectivity index (χ0n) is 6.94. The molecule has 1 fully saturated rings. The van der Waals surface area contributed by atoms with Gasteiger partial charge in [0.2, 0.25) is 0 Å². The van der Waals surface area contributed by atoms with E-state index in [1.165, 1.54) is 24.3 Å². The number of nitrogen functional groups attached to an aromatic ring is 1. The number of nitrogens with two attached hydrogens (primary N) is 1. The number of aromatic nitrogens is 2. The summed E-state index contributed by atoms with van der Waals surface area (Å²) in [4.78, 5) is 0. The molecule has 66 valence electrons. The van der Waals surface area contributed by atoms with Gasteiger partial charge >= 0.3 is 0 Å². The van der Waals surface area contributed by atoms with E-state index in [0.29, 0.717) is 11.9 Å². The highest BCUT2D eigenvalue weighted by Gasteiger charge is 2.15. The van der Waals surface area contributed by atoms with Crippen LogP contribution in [0.25, 0.3) is 0 Å². The van der Waals surface area contributed by atoms with Crippen LogP contribution in [0.1, 0.15) is 18.9 Å². The largest absolute Gasteiger partial charge is 0.382 e. The van der Waals surface area contributed by atoms with Gasteiger partial charge in [0.25, 0.3) is 0 Å². The molecule has 0 unspecified atom stereocenters. The Kier molecular flexibility index (Phi) is 2.26. The van der Waals surface area contributed by atoms with E-state index in [9.17, 15) is 0 Å². The first kappa shape index (κ1) is 7.98. The lowest BCUT2D eigenvalue weighted by molar-refractivity contribution is 0.428. The molecule has 0 aromatic carbocycles. The van der Waals surface area contributed by atoms with E-state index in [0.717, 1.165) is 0 Å². The van der Waals surface area contributed by atoms with Gasteiger partial charge in [-0.3, -0.25) is 4.68 Å². The number of anilines is 1. The minimum absolute atomic E-state index is 0.587. The summed E-state index contributed by atoms with van der Waals surface area (Å²) in [7, 11) is 0. The van der Waals surface area contributed by atoms with E-state index < -0.39 is 0 Å². The molecule has 12 heavy (non-hydrogen) atoms. The molecule has 1 aliphatic heterocycles. The molecular formula is C8H13N3S. The van der Waals surface area contributed by atoms with Crippen molar-refractivity contribution in [3.63, 3.8) is 0 Å². The fourth-order valence-electron chi connectivity index (χ4n) is 1.51. The van der Waals surface area contributed by atoms with Crippen molar-refractivity contribution in [1.29, 1.82) is 0 Å². The number of nitrogens with zero attached hydrogens (tertiary/aromatic N) is 2. The minimum atomic E-state index is 0.587. The average Bonchev–Trinajstić information content (AvgIpc) is 2.54. The molecule has 1 aromatic rings. The molecule has 0 aliphatic carbocycles. The van der Waals surface area contributed by atoms with E-state index in [-0.39, 0.29) is 0 Å². The van der Waals surface area contributed by atoms with E-state index >= 15 is 0 Å². The molecule has 1 saturated heterocycles. The quantitative estimate of drug-likeness (QED) is 0.718. The molecule has 0 bridgehead atoms. The molecule has 0 radical (unpaired) electrons. The fourth-order valence-corrected chi connectivity index (χ4v) is 2.59. The predicted octanol–water partition coefficient (Wildman–Crippen LogP) is 1.53. The Morgan fingerprint density at radius 1 is 1.50 bits per heavy atom. The van der Waals surface area contributed by atoms with Gasteiger partial charge < -0.3 is 5.73 Å². The Morgan fingerprint density at radius 2 is 2.25 bits per heavy atom. The summed E-state index contributed by atoms with van der Waals surface area (Å²) in [6.07, 6.45) is 4.44. The average molecular weight is 183 g/mol. The van der Waals surface area contributed by atoms with E-state index in [1.54, 1.807) is 0 Å². The fraction of sp³-hybridized carbons (Fsp3) is 0.625. The van der Waals surface area contributed by atoms with Gasteiger partial charge in [0.15, 0.2) is 0 Å². The van der Waals surface area contributed by atoms with Gasteiger partial charge in [0.1, 0.15) is 5.82 Å². The van der Waals surface area contributed by atoms with Gasteiger partial charge in [-0.15, -0.1) is 0 Å². The van der Waals surface area contributed by atoms with Crippen LogP contribution >= 0.6 is 11.8 Å². The van der Waals surface area contributed by atoms with Crippen molar-refractivity contribution in [3.05, 3.63) is 12.3 Å². The van der Waals surface area contributed by atoms with Crippen molar-refractivity contribution in [2.75, 3.05) is 17.2 Å². The van der Waals surface area contributed by atoms with Gasteiger partial charge in [-0.25, -0.2) is 0 Å². The third-order valence-corrected chi connectivity index (χ3v) is 3.24. The molecule has 2 heterocycles. The van der Waals surface area contributed by atoms with Crippen molar-refractivity contribution >= 4 is 17.6 Å². The SMILES string of the molecule is Nc1ccn(C2CCSCC2)n1. The zero-order valence-corrected chi connectivity index (χ0v) is 7.76. The normalized spacial score (nSPS) is 19.7. The first-order valence-electron chi connectivity index (χ1n) is 4.24. The van der Waals surface area contributed by atoms with E-state index in [2.05, 4.69) is 5.10 Å². The van der Waals surface area contributed by atoms with Gasteiger partial charge in [0, 0.05) is 6.20 Å². The molecule has 2 rings (SSSR count). The van der Waals surface area contributed by atoms with E-state index in [1.807, 2.05) is 28.7 Å². The predicted molar refractivity (Wildman–Crippen MR) is 52.2 cm³/mol. The monoisotopic (exact) mass is 183 g/mol. The molecule has 1 aromatic heterocycles. The summed E-state index contributed by atoms with van der Waals surface area (Å²) in [6, 6.07) is 2.45. The number of thioether (sulfide) groups is 1. The van der Waals surface area contributed by atoms with Crippen molar-refractivity contribution < 1.29 is 0 Å². The molecule has 1 aliphatic rings. The van der Waals surface area contributed by atoms with Crippen LogP contribution in [0.2, 0.25) is 0 Å². The third kappa shape index (κ3) is 1.58. The Morgan fingerprint density at radius 3 is 2.83 bits per heavy atom. The van der Waals surface area contributed by atoms with Gasteiger partial charge in [-0.05, 0) is 30.4 Å². The second kappa shape index (κ2) is 3.39. The summed E-state index contributed by atoms with van der Waals surface area (Å²) in [5.74, 6) is 3.14. The van der Waals surface area contributed by atoms with Crippen LogP contribution < -0.4 is 5.73 Å². The molecule has 2 N–H and O–H groups in total. The van der Waals surface area contributed by atoms with Gasteiger partial charge in [-0.2, -0.15) is 16.9 Å². The van der Waals surface area contributed by atoms with Crippen LogP contribution in [0.4, 0.5) is 5.82 Å². The maximum atomic E-state index is 5.55. The molecule has 0 amide bonds. The molecule has 4 heteroatoms. The molecule has 0 saturated carbocycles. The highest BCUT2D eigenvalue weighted by Crippen LogP contribution is 2.26. The summed E-state index contributed by atoms with van der Waals surface area (Å²) < 4.78 is 2.01. The van der Waals surface area contributed by atoms with Crippen molar-refractivity contribution in [1.82, 2.24) is 9.78 Å². The minimum Gasteiger partial charge on any atom is -0.382 e. The molecule has 3 nitrogen and oxygen atoms in total. The molecule has 0 atom stereocenters. The zero-order chi connectivity index (χ0) is 8.39. The third-order valence-electron chi connectivity index (χ3n) is 2.19. The second-order valence-electron chi connectivity index (χ2n) is 3.06. The van der Waals surface area contributed by atoms with Crippen LogP contribution in [-0.4, -0.2) is 21.3 Å². The topological polar surface area (TPSA) is 43.8 Å². The van der Waals surface area contributed by atoms with Crippen LogP contribution in [0, 0.1) is 0 Å². The first-order valence-corrected chi connectivity index (χ1v) is 5.40. The van der Waals surface area contributed by atoms with Crippen LogP contribution in [0.15, 0.2) is 12.3 Å². The maximum absolute atomic E-state index is 5.55. The van der Waals surface area contributed by atoms with Gasteiger partial charge in [-0.1, -0.05) is 0 Å². The first-order chi connectivity index (χ1) is 5.86.